The van der Waals surface area contributed by atoms with Crippen molar-refractivity contribution in [2.75, 3.05) is 0 Å². The Hall–Kier alpha value is -3.79. The highest BCUT2D eigenvalue weighted by Crippen LogP contribution is 2.32. The number of nitrogens with zero attached hydrogens (tertiary/aromatic N) is 6. The molecule has 0 amide bonds. The van der Waals surface area contributed by atoms with Gasteiger partial charge in [-0.05, 0) is 43.3 Å². The Morgan fingerprint density at radius 2 is 1.92 bits per heavy atom. The number of rotatable bonds is 3. The maximum Gasteiger partial charge on any atom is 0.162 e. The van der Waals surface area contributed by atoms with Crippen molar-refractivity contribution >= 4 is 11.3 Å². The molecule has 0 bridgehead atoms. The number of hydrogen-bond donors (Lipinski definition) is 0. The number of imidazole rings is 2. The van der Waals surface area contributed by atoms with Crippen LogP contribution < -0.4 is 0 Å². The molecule has 0 saturated carbocycles. The number of benzene rings is 1. The molecular formula is C19H13FN6. The summed E-state index contributed by atoms with van der Waals surface area (Å²) in [6.07, 6.45) is 3.13. The fourth-order valence-corrected chi connectivity index (χ4v) is 2.78. The first kappa shape index (κ1) is 15.7. The third-order valence-electron chi connectivity index (χ3n) is 4.02. The summed E-state index contributed by atoms with van der Waals surface area (Å²) in [6.45, 7) is 5.84. The second-order valence-electron chi connectivity index (χ2n) is 5.80. The Kier molecular flexibility index (Phi) is 3.59. The normalized spacial score (nSPS) is 10.8. The zero-order valence-electron chi connectivity index (χ0n) is 13.9. The molecule has 4 aromatic rings. The van der Waals surface area contributed by atoms with E-state index in [4.69, 9.17) is 0 Å². The van der Waals surface area contributed by atoms with Gasteiger partial charge in [-0.3, -0.25) is 0 Å². The maximum absolute atomic E-state index is 13.3. The second-order valence-corrected chi connectivity index (χ2v) is 5.80. The Morgan fingerprint density at radius 1 is 1.15 bits per heavy atom. The lowest BCUT2D eigenvalue weighted by Gasteiger charge is -2.10. The average Bonchev–Trinajstić information content (AvgIpc) is 3.25. The summed E-state index contributed by atoms with van der Waals surface area (Å²) in [5, 5.41) is 13.8. The first-order valence-electron chi connectivity index (χ1n) is 7.83. The number of aromatic nitrogens is 5. The van der Waals surface area contributed by atoms with E-state index in [1.165, 1.54) is 22.8 Å². The van der Waals surface area contributed by atoms with Crippen LogP contribution >= 0.6 is 0 Å². The molecule has 126 valence electrons. The van der Waals surface area contributed by atoms with Gasteiger partial charge in [0.2, 0.25) is 0 Å². The van der Waals surface area contributed by atoms with Crippen LogP contribution in [0.4, 0.5) is 4.39 Å². The predicted octanol–water partition coefficient (Wildman–Crippen LogP) is 3.76. The lowest BCUT2D eigenvalue weighted by atomic mass is 10.1. The van der Waals surface area contributed by atoms with Crippen LogP contribution in [0, 0.1) is 17.1 Å². The summed E-state index contributed by atoms with van der Waals surface area (Å²) in [5.41, 5.74) is 4.40. The highest BCUT2D eigenvalue weighted by atomic mass is 19.1. The number of nitriles is 1. The summed E-state index contributed by atoms with van der Waals surface area (Å²) >= 11 is 0. The Balaban J connectivity index is 1.98. The van der Waals surface area contributed by atoms with Crippen molar-refractivity contribution in [3.05, 3.63) is 67.0 Å². The van der Waals surface area contributed by atoms with Crippen molar-refractivity contribution in [2.24, 2.45) is 0 Å². The molecule has 0 aliphatic carbocycles. The molecule has 0 radical (unpaired) electrons. The van der Waals surface area contributed by atoms with E-state index in [2.05, 4.69) is 27.7 Å². The zero-order chi connectivity index (χ0) is 18.3. The summed E-state index contributed by atoms with van der Waals surface area (Å²) in [4.78, 5) is 8.63. The number of hydrogen-bond acceptors (Lipinski definition) is 4. The molecule has 0 N–H and O–H groups in total. The molecule has 4 rings (SSSR count). The fourth-order valence-electron chi connectivity index (χ4n) is 2.78. The minimum atomic E-state index is -0.314. The monoisotopic (exact) mass is 344 g/mol. The lowest BCUT2D eigenvalue weighted by molar-refractivity contribution is 0.628. The Labute approximate surface area is 148 Å². The zero-order valence-corrected chi connectivity index (χ0v) is 13.9. The van der Waals surface area contributed by atoms with E-state index in [9.17, 15) is 9.65 Å². The van der Waals surface area contributed by atoms with Crippen LogP contribution in [0.15, 0.2) is 55.5 Å². The highest BCUT2D eigenvalue weighted by molar-refractivity contribution is 5.79. The maximum atomic E-state index is 13.3. The van der Waals surface area contributed by atoms with Crippen LogP contribution in [-0.2, 0) is 0 Å². The second kappa shape index (κ2) is 5.93. The molecule has 1 aromatic carbocycles. The molecule has 26 heavy (non-hydrogen) atoms. The van der Waals surface area contributed by atoms with Crippen molar-refractivity contribution in [1.82, 2.24) is 24.1 Å². The third kappa shape index (κ3) is 2.45. The van der Waals surface area contributed by atoms with E-state index in [1.807, 2.05) is 17.6 Å². The van der Waals surface area contributed by atoms with E-state index in [0.29, 0.717) is 28.4 Å². The van der Waals surface area contributed by atoms with Crippen LogP contribution in [0.2, 0.25) is 0 Å². The first-order valence-corrected chi connectivity index (χ1v) is 7.83. The number of allylic oxidation sites excluding steroid dienone is 1. The smallest absolute Gasteiger partial charge is 0.162 e. The molecular weight excluding hydrogens is 331 g/mol. The van der Waals surface area contributed by atoms with E-state index in [1.54, 1.807) is 24.5 Å². The van der Waals surface area contributed by atoms with Gasteiger partial charge in [-0.2, -0.15) is 10.4 Å². The van der Waals surface area contributed by atoms with E-state index in [-0.39, 0.29) is 5.82 Å². The van der Waals surface area contributed by atoms with Crippen LogP contribution in [0.5, 0.6) is 0 Å². The molecule has 0 spiro atoms. The van der Waals surface area contributed by atoms with Crippen LogP contribution in [-0.4, -0.2) is 24.1 Å². The molecule has 0 saturated heterocycles. The van der Waals surface area contributed by atoms with E-state index in [0.717, 1.165) is 11.3 Å². The topological polar surface area (TPSA) is 71.8 Å². The SMILES string of the molecule is C=C(C)n1cnc(-c2ccc(F)cc2)c1-c1ccc2ncc(C#N)n2n1. The Morgan fingerprint density at radius 3 is 2.62 bits per heavy atom. The van der Waals surface area contributed by atoms with Gasteiger partial charge in [0.25, 0.3) is 0 Å². The minimum Gasteiger partial charge on any atom is -0.302 e. The van der Waals surface area contributed by atoms with Crippen LogP contribution in [0.25, 0.3) is 34.0 Å². The summed E-state index contributed by atoms with van der Waals surface area (Å²) in [7, 11) is 0. The molecule has 3 heterocycles. The van der Waals surface area contributed by atoms with Crippen LogP contribution in [0.3, 0.4) is 0 Å². The average molecular weight is 344 g/mol. The van der Waals surface area contributed by atoms with Crippen molar-refractivity contribution in [3.63, 3.8) is 0 Å². The summed E-state index contributed by atoms with van der Waals surface area (Å²) in [6, 6.07) is 11.8. The van der Waals surface area contributed by atoms with Gasteiger partial charge in [-0.15, -0.1) is 0 Å². The van der Waals surface area contributed by atoms with Gasteiger partial charge in [0.05, 0.1) is 11.9 Å². The van der Waals surface area contributed by atoms with Gasteiger partial charge in [-0.25, -0.2) is 18.9 Å². The quantitative estimate of drug-likeness (QED) is 0.567. The summed E-state index contributed by atoms with van der Waals surface area (Å²) in [5.74, 6) is -0.314. The van der Waals surface area contributed by atoms with Crippen molar-refractivity contribution in [1.29, 1.82) is 5.26 Å². The standard InChI is InChI=1S/C19H13FN6/c1-12(2)25-11-23-18(13-3-5-14(20)6-4-13)19(25)16-7-8-17-22-10-15(9-21)26(17)24-16/h3-8,10-11H,1H2,2H3. The van der Waals surface area contributed by atoms with Crippen molar-refractivity contribution < 1.29 is 4.39 Å². The minimum absolute atomic E-state index is 0.314. The molecule has 0 unspecified atom stereocenters. The molecule has 7 heteroatoms. The molecule has 0 atom stereocenters. The molecule has 6 nitrogen and oxygen atoms in total. The lowest BCUT2D eigenvalue weighted by Crippen LogP contribution is -2.01. The Bertz CT molecular complexity index is 1180. The van der Waals surface area contributed by atoms with E-state index < -0.39 is 0 Å². The fraction of sp³-hybridized carbons (Fsp3) is 0.0526. The highest BCUT2D eigenvalue weighted by Gasteiger charge is 2.18. The molecule has 0 aliphatic heterocycles. The first-order chi connectivity index (χ1) is 12.6. The largest absolute Gasteiger partial charge is 0.302 e. The number of halogens is 1. The van der Waals surface area contributed by atoms with Gasteiger partial charge < -0.3 is 4.57 Å². The van der Waals surface area contributed by atoms with Gasteiger partial charge in [-0.1, -0.05) is 6.58 Å². The van der Waals surface area contributed by atoms with Crippen LogP contribution in [0.1, 0.15) is 12.6 Å². The molecule has 0 aliphatic rings. The summed E-state index contributed by atoms with van der Waals surface area (Å²) < 4.78 is 16.6. The van der Waals surface area contributed by atoms with Gasteiger partial charge in [0, 0.05) is 11.3 Å². The van der Waals surface area contributed by atoms with Crippen molar-refractivity contribution in [2.45, 2.75) is 6.92 Å². The van der Waals surface area contributed by atoms with Gasteiger partial charge in [0.1, 0.15) is 29.6 Å². The molecule has 0 fully saturated rings. The predicted molar refractivity (Wildman–Crippen MR) is 95.3 cm³/mol. The van der Waals surface area contributed by atoms with Gasteiger partial charge in [0.15, 0.2) is 11.3 Å². The van der Waals surface area contributed by atoms with Gasteiger partial charge >= 0.3 is 0 Å². The van der Waals surface area contributed by atoms with E-state index >= 15 is 0 Å². The molecule has 3 aromatic heterocycles. The number of fused-ring (bicyclic) bond motifs is 1. The third-order valence-corrected chi connectivity index (χ3v) is 4.02. The van der Waals surface area contributed by atoms with Crippen molar-refractivity contribution in [3.8, 4) is 28.7 Å².